The third-order valence-electron chi connectivity index (χ3n) is 4.97. The topological polar surface area (TPSA) is 68.5 Å². The lowest BCUT2D eigenvalue weighted by Gasteiger charge is -2.17. The molecule has 1 unspecified atom stereocenters. The van der Waals surface area contributed by atoms with E-state index in [0.717, 1.165) is 17.7 Å². The van der Waals surface area contributed by atoms with E-state index in [2.05, 4.69) is 17.1 Å². The molecule has 2 heterocycles. The first-order valence-electron chi connectivity index (χ1n) is 9.82. The maximum absolute atomic E-state index is 13.2. The van der Waals surface area contributed by atoms with Gasteiger partial charge in [0.2, 0.25) is 17.6 Å². The Morgan fingerprint density at radius 1 is 1.27 bits per heavy atom. The molecule has 156 valence electrons. The molecule has 1 saturated heterocycles. The number of carbonyl (C=O) groups is 1. The Balaban J connectivity index is 1.43. The SMILES string of the molecule is CCCOc1ccc(-c2noc(C3CC(=O)N(Cc4ccc(F)cc4Cl)C3)n2)cc1. The number of nitrogens with zero attached hydrogens (tertiary/aromatic N) is 3. The first-order valence-corrected chi connectivity index (χ1v) is 10.2. The highest BCUT2D eigenvalue weighted by atomic mass is 35.5. The quantitative estimate of drug-likeness (QED) is 0.537. The van der Waals surface area contributed by atoms with Crippen molar-refractivity contribution < 1.29 is 18.4 Å². The molecule has 3 aromatic rings. The number of rotatable bonds is 7. The summed E-state index contributed by atoms with van der Waals surface area (Å²) in [6.07, 6.45) is 1.23. The van der Waals surface area contributed by atoms with Crippen molar-refractivity contribution in [3.63, 3.8) is 0 Å². The van der Waals surface area contributed by atoms with Crippen molar-refractivity contribution >= 4 is 17.5 Å². The summed E-state index contributed by atoms with van der Waals surface area (Å²) < 4.78 is 24.3. The summed E-state index contributed by atoms with van der Waals surface area (Å²) in [7, 11) is 0. The van der Waals surface area contributed by atoms with Gasteiger partial charge in [0.25, 0.3) is 0 Å². The molecule has 8 heteroatoms. The average Bonchev–Trinajstić information content (AvgIpc) is 3.36. The Morgan fingerprint density at radius 3 is 2.80 bits per heavy atom. The minimum Gasteiger partial charge on any atom is -0.494 e. The highest BCUT2D eigenvalue weighted by molar-refractivity contribution is 6.31. The second-order valence-electron chi connectivity index (χ2n) is 7.24. The Bertz CT molecular complexity index is 1040. The minimum absolute atomic E-state index is 0.0300. The van der Waals surface area contributed by atoms with Crippen LogP contribution in [0.5, 0.6) is 5.75 Å². The monoisotopic (exact) mass is 429 g/mol. The Labute approximate surface area is 178 Å². The molecule has 1 aliphatic rings. The van der Waals surface area contributed by atoms with Gasteiger partial charge in [-0.25, -0.2) is 4.39 Å². The smallest absolute Gasteiger partial charge is 0.232 e. The summed E-state index contributed by atoms with van der Waals surface area (Å²) in [5, 5.41) is 4.36. The van der Waals surface area contributed by atoms with E-state index in [9.17, 15) is 9.18 Å². The van der Waals surface area contributed by atoms with E-state index in [4.69, 9.17) is 20.9 Å². The van der Waals surface area contributed by atoms with Crippen LogP contribution in [0, 0.1) is 5.82 Å². The van der Waals surface area contributed by atoms with E-state index in [1.165, 1.54) is 12.1 Å². The summed E-state index contributed by atoms with van der Waals surface area (Å²) in [5.74, 6) is 1.07. The lowest BCUT2D eigenvalue weighted by Crippen LogP contribution is -2.24. The molecule has 1 fully saturated rings. The molecule has 0 spiro atoms. The summed E-state index contributed by atoms with van der Waals surface area (Å²) in [5.41, 5.74) is 1.51. The van der Waals surface area contributed by atoms with Gasteiger partial charge in [-0.3, -0.25) is 4.79 Å². The molecule has 0 aliphatic carbocycles. The molecule has 1 atom stereocenters. The van der Waals surface area contributed by atoms with Crippen molar-refractivity contribution in [1.82, 2.24) is 15.0 Å². The first-order chi connectivity index (χ1) is 14.5. The number of halogens is 2. The molecule has 1 aromatic heterocycles. The third-order valence-corrected chi connectivity index (χ3v) is 5.32. The Morgan fingerprint density at radius 2 is 2.07 bits per heavy atom. The molecule has 30 heavy (non-hydrogen) atoms. The first kappa shape index (κ1) is 20.3. The molecule has 0 bridgehead atoms. The fraction of sp³-hybridized carbons (Fsp3) is 0.318. The second-order valence-corrected chi connectivity index (χ2v) is 7.65. The molecule has 4 rings (SSSR count). The maximum atomic E-state index is 13.2. The van der Waals surface area contributed by atoms with Gasteiger partial charge in [-0.15, -0.1) is 0 Å². The summed E-state index contributed by atoms with van der Waals surface area (Å²) in [6.45, 7) is 3.48. The third kappa shape index (κ3) is 4.46. The van der Waals surface area contributed by atoms with Crippen molar-refractivity contribution in [2.24, 2.45) is 0 Å². The van der Waals surface area contributed by atoms with Crippen LogP contribution in [0.2, 0.25) is 5.02 Å². The molecule has 6 nitrogen and oxygen atoms in total. The largest absolute Gasteiger partial charge is 0.494 e. The zero-order valence-electron chi connectivity index (χ0n) is 16.5. The van der Waals surface area contributed by atoms with Crippen LogP contribution in [0.1, 0.15) is 37.1 Å². The molecule has 1 amide bonds. The van der Waals surface area contributed by atoms with E-state index in [0.29, 0.717) is 42.0 Å². The summed E-state index contributed by atoms with van der Waals surface area (Å²) in [4.78, 5) is 18.6. The van der Waals surface area contributed by atoms with Crippen LogP contribution in [0.3, 0.4) is 0 Å². The van der Waals surface area contributed by atoms with Gasteiger partial charge in [0, 0.05) is 30.1 Å². The average molecular weight is 430 g/mol. The Kier molecular flexibility index (Phi) is 5.99. The van der Waals surface area contributed by atoms with Gasteiger partial charge in [-0.05, 0) is 48.4 Å². The summed E-state index contributed by atoms with van der Waals surface area (Å²) >= 11 is 6.09. The number of hydrogen-bond donors (Lipinski definition) is 0. The van der Waals surface area contributed by atoms with Crippen molar-refractivity contribution in [3.8, 4) is 17.1 Å². The number of ether oxygens (including phenoxy) is 1. The second kappa shape index (κ2) is 8.83. The van der Waals surface area contributed by atoms with Crippen LogP contribution in [-0.4, -0.2) is 34.1 Å². The van der Waals surface area contributed by atoms with Crippen molar-refractivity contribution in [1.29, 1.82) is 0 Å². The van der Waals surface area contributed by atoms with Gasteiger partial charge in [0.1, 0.15) is 11.6 Å². The number of hydrogen-bond acceptors (Lipinski definition) is 5. The Hall–Kier alpha value is -2.93. The highest BCUT2D eigenvalue weighted by Gasteiger charge is 2.34. The number of aromatic nitrogens is 2. The molecule has 0 N–H and O–H groups in total. The van der Waals surface area contributed by atoms with Crippen LogP contribution in [0.15, 0.2) is 47.0 Å². The van der Waals surface area contributed by atoms with E-state index in [1.54, 1.807) is 11.0 Å². The van der Waals surface area contributed by atoms with Gasteiger partial charge in [-0.2, -0.15) is 4.98 Å². The van der Waals surface area contributed by atoms with Crippen molar-refractivity contribution in [3.05, 3.63) is 64.8 Å². The van der Waals surface area contributed by atoms with Crippen LogP contribution in [0.4, 0.5) is 4.39 Å². The number of amides is 1. The van der Waals surface area contributed by atoms with E-state index >= 15 is 0 Å². The van der Waals surface area contributed by atoms with Crippen LogP contribution < -0.4 is 4.74 Å². The number of benzene rings is 2. The molecule has 0 saturated carbocycles. The zero-order chi connectivity index (χ0) is 21.1. The predicted molar refractivity (Wildman–Crippen MR) is 110 cm³/mol. The normalized spacial score (nSPS) is 16.3. The van der Waals surface area contributed by atoms with E-state index < -0.39 is 5.82 Å². The lowest BCUT2D eigenvalue weighted by atomic mass is 10.1. The van der Waals surface area contributed by atoms with Crippen LogP contribution in [0.25, 0.3) is 11.4 Å². The fourth-order valence-electron chi connectivity index (χ4n) is 3.38. The van der Waals surface area contributed by atoms with E-state index in [1.807, 2.05) is 24.3 Å². The molecule has 1 aliphatic heterocycles. The summed E-state index contributed by atoms with van der Waals surface area (Å²) in [6, 6.07) is 11.7. The van der Waals surface area contributed by atoms with Gasteiger partial charge in [0.05, 0.1) is 12.5 Å². The standard InChI is InChI=1S/C22H21ClFN3O3/c1-2-9-29-18-7-4-14(5-8-18)21-25-22(30-26-21)16-10-20(28)27(13-16)12-15-3-6-17(24)11-19(15)23/h3-8,11,16H,2,9-10,12-13H2,1H3. The van der Waals surface area contributed by atoms with Gasteiger partial charge in [0.15, 0.2) is 0 Å². The van der Waals surface area contributed by atoms with Crippen LogP contribution in [-0.2, 0) is 11.3 Å². The van der Waals surface area contributed by atoms with Gasteiger partial charge >= 0.3 is 0 Å². The fourth-order valence-corrected chi connectivity index (χ4v) is 3.61. The maximum Gasteiger partial charge on any atom is 0.232 e. The predicted octanol–water partition coefficient (Wildman–Crippen LogP) is 4.83. The van der Waals surface area contributed by atoms with Crippen molar-refractivity contribution in [2.45, 2.75) is 32.2 Å². The zero-order valence-corrected chi connectivity index (χ0v) is 17.2. The number of likely N-dealkylation sites (tertiary alicyclic amines) is 1. The molecule has 0 radical (unpaired) electrons. The molecule has 2 aromatic carbocycles. The lowest BCUT2D eigenvalue weighted by molar-refractivity contribution is -0.128. The van der Waals surface area contributed by atoms with Gasteiger partial charge in [-0.1, -0.05) is 29.7 Å². The van der Waals surface area contributed by atoms with Crippen LogP contribution >= 0.6 is 11.6 Å². The molecular weight excluding hydrogens is 409 g/mol. The highest BCUT2D eigenvalue weighted by Crippen LogP contribution is 2.31. The van der Waals surface area contributed by atoms with E-state index in [-0.39, 0.29) is 18.2 Å². The molecular formula is C22H21ClFN3O3. The van der Waals surface area contributed by atoms with Gasteiger partial charge < -0.3 is 14.2 Å². The van der Waals surface area contributed by atoms with Crippen molar-refractivity contribution in [2.75, 3.05) is 13.2 Å². The number of carbonyl (C=O) groups excluding carboxylic acids is 1. The minimum atomic E-state index is -0.405.